The van der Waals surface area contributed by atoms with Gasteiger partial charge in [0.1, 0.15) is 5.75 Å². The molecule has 1 heteroatoms. The fraction of sp³-hybridized carbons (Fsp3) is 0.667. The lowest BCUT2D eigenvalue weighted by Gasteiger charge is -2.40. The van der Waals surface area contributed by atoms with Crippen LogP contribution in [0, 0.1) is 37.0 Å². The summed E-state index contributed by atoms with van der Waals surface area (Å²) in [6.45, 7) is 11.4. The summed E-state index contributed by atoms with van der Waals surface area (Å²) in [6.07, 6.45) is 2.61. The summed E-state index contributed by atoms with van der Waals surface area (Å²) in [6, 6.07) is 4.34. The van der Waals surface area contributed by atoms with Crippen molar-refractivity contribution in [1.29, 1.82) is 0 Å². The van der Waals surface area contributed by atoms with Crippen LogP contribution in [0.15, 0.2) is 12.1 Å². The smallest absolute Gasteiger partial charge is 0.122 e. The summed E-state index contributed by atoms with van der Waals surface area (Å²) in [5.41, 5.74) is 3.94. The van der Waals surface area contributed by atoms with E-state index in [1.165, 1.54) is 24.0 Å². The average Bonchev–Trinajstić information content (AvgIpc) is 2.87. The number of hydrogen-bond donors (Lipinski definition) is 1. The maximum Gasteiger partial charge on any atom is 0.122 e. The molecule has 2 saturated carbocycles. The van der Waals surface area contributed by atoms with Crippen molar-refractivity contribution in [3.63, 3.8) is 0 Å². The van der Waals surface area contributed by atoms with E-state index < -0.39 is 0 Å². The first kappa shape index (κ1) is 13.0. The molecule has 0 aromatic heterocycles. The van der Waals surface area contributed by atoms with E-state index in [4.69, 9.17) is 0 Å². The van der Waals surface area contributed by atoms with Gasteiger partial charge in [0.25, 0.3) is 0 Å². The van der Waals surface area contributed by atoms with Gasteiger partial charge in [0.15, 0.2) is 0 Å². The van der Waals surface area contributed by atoms with E-state index in [1.54, 1.807) is 0 Å². The molecule has 2 fully saturated rings. The van der Waals surface area contributed by atoms with Crippen LogP contribution in [0.5, 0.6) is 5.75 Å². The summed E-state index contributed by atoms with van der Waals surface area (Å²) in [5.74, 6) is 3.48. The van der Waals surface area contributed by atoms with E-state index in [1.807, 2.05) is 6.92 Å². The Kier molecular flexibility index (Phi) is 2.75. The van der Waals surface area contributed by atoms with Crippen molar-refractivity contribution < 1.29 is 5.11 Å². The number of benzene rings is 1. The molecule has 2 aliphatic carbocycles. The monoisotopic (exact) mass is 258 g/mol. The zero-order valence-corrected chi connectivity index (χ0v) is 12.8. The molecule has 0 spiro atoms. The summed E-state index contributed by atoms with van der Waals surface area (Å²) in [4.78, 5) is 0. The lowest BCUT2D eigenvalue weighted by atomic mass is 9.65. The fourth-order valence-corrected chi connectivity index (χ4v) is 4.63. The molecule has 0 unspecified atom stereocenters. The van der Waals surface area contributed by atoms with E-state index in [0.29, 0.717) is 17.1 Å². The van der Waals surface area contributed by atoms with Gasteiger partial charge >= 0.3 is 0 Å². The van der Waals surface area contributed by atoms with Gasteiger partial charge < -0.3 is 5.11 Å². The minimum Gasteiger partial charge on any atom is -0.507 e. The Morgan fingerprint density at radius 3 is 2.42 bits per heavy atom. The van der Waals surface area contributed by atoms with Crippen molar-refractivity contribution in [2.75, 3.05) is 0 Å². The summed E-state index contributed by atoms with van der Waals surface area (Å²) < 4.78 is 0. The number of fused-ring (bicyclic) bond motifs is 2. The maximum atomic E-state index is 10.5. The van der Waals surface area contributed by atoms with Gasteiger partial charge in [0.2, 0.25) is 0 Å². The van der Waals surface area contributed by atoms with Crippen LogP contribution in [0.1, 0.15) is 56.2 Å². The highest BCUT2D eigenvalue weighted by molar-refractivity contribution is 5.47. The molecule has 1 aromatic carbocycles. The van der Waals surface area contributed by atoms with Crippen LogP contribution >= 0.6 is 0 Å². The number of phenols is 1. The Labute approximate surface area is 117 Å². The molecule has 0 amide bonds. The summed E-state index contributed by atoms with van der Waals surface area (Å²) >= 11 is 0. The van der Waals surface area contributed by atoms with Crippen LogP contribution < -0.4 is 0 Å². The van der Waals surface area contributed by atoms with Gasteiger partial charge in [-0.25, -0.2) is 0 Å². The zero-order chi connectivity index (χ0) is 13.9. The molecule has 1 N–H and O–H groups in total. The summed E-state index contributed by atoms with van der Waals surface area (Å²) in [5, 5.41) is 10.5. The minimum absolute atomic E-state index is 0.483. The second kappa shape index (κ2) is 4.01. The van der Waals surface area contributed by atoms with Gasteiger partial charge in [-0.2, -0.15) is 0 Å². The van der Waals surface area contributed by atoms with Crippen molar-refractivity contribution in [3.05, 3.63) is 28.8 Å². The first-order valence-electron chi connectivity index (χ1n) is 7.63. The van der Waals surface area contributed by atoms with E-state index in [-0.39, 0.29) is 0 Å². The number of rotatable bonds is 1. The van der Waals surface area contributed by atoms with Crippen molar-refractivity contribution in [2.45, 2.75) is 53.4 Å². The van der Waals surface area contributed by atoms with Crippen LogP contribution in [0.25, 0.3) is 0 Å². The molecule has 4 atom stereocenters. The van der Waals surface area contributed by atoms with Crippen LogP contribution in [-0.4, -0.2) is 5.11 Å². The quantitative estimate of drug-likeness (QED) is 0.767. The molecule has 2 aliphatic rings. The molecule has 3 rings (SSSR count). The third kappa shape index (κ3) is 1.67. The second-order valence-corrected chi connectivity index (χ2v) is 7.49. The van der Waals surface area contributed by atoms with Gasteiger partial charge in [-0.3, -0.25) is 0 Å². The van der Waals surface area contributed by atoms with Crippen LogP contribution in [-0.2, 0) is 0 Å². The van der Waals surface area contributed by atoms with Crippen molar-refractivity contribution >= 4 is 0 Å². The third-order valence-corrected chi connectivity index (χ3v) is 6.61. The number of aromatic hydroxyl groups is 1. The number of aryl methyl sites for hydroxylation is 1. The second-order valence-electron chi connectivity index (χ2n) is 7.49. The molecule has 2 bridgehead atoms. The van der Waals surface area contributed by atoms with Crippen molar-refractivity contribution in [2.24, 2.45) is 23.2 Å². The standard InChI is InChI=1S/C18H26O/c1-10-6-7-14(17(19)11(10)2)16-9-13-8-15(16)12(3)18(13,4)5/h6-7,12-13,15-16,19H,8-9H2,1-5H3/t12-,13+,15+,16+/m1/s1. The Bertz CT molecular complexity index is 511. The van der Waals surface area contributed by atoms with Crippen LogP contribution in [0.4, 0.5) is 0 Å². The predicted octanol–water partition coefficient (Wildman–Crippen LogP) is 4.79. The van der Waals surface area contributed by atoms with E-state index in [2.05, 4.69) is 39.8 Å². The lowest BCUT2D eigenvalue weighted by molar-refractivity contribution is 0.121. The fourth-order valence-electron chi connectivity index (χ4n) is 4.63. The molecule has 0 heterocycles. The van der Waals surface area contributed by atoms with Gasteiger partial charge in [-0.05, 0) is 72.5 Å². The van der Waals surface area contributed by atoms with Gasteiger partial charge in [-0.1, -0.05) is 32.9 Å². The molecule has 0 saturated heterocycles. The van der Waals surface area contributed by atoms with Crippen molar-refractivity contribution in [3.8, 4) is 5.75 Å². The molecule has 0 radical (unpaired) electrons. The molecule has 0 aliphatic heterocycles. The largest absolute Gasteiger partial charge is 0.507 e. The topological polar surface area (TPSA) is 20.2 Å². The van der Waals surface area contributed by atoms with Crippen molar-refractivity contribution in [1.82, 2.24) is 0 Å². The predicted molar refractivity (Wildman–Crippen MR) is 79.5 cm³/mol. The van der Waals surface area contributed by atoms with E-state index >= 15 is 0 Å². The van der Waals surface area contributed by atoms with Crippen LogP contribution in [0.2, 0.25) is 0 Å². The molecule has 19 heavy (non-hydrogen) atoms. The molecule has 1 aromatic rings. The lowest BCUT2D eigenvalue weighted by Crippen LogP contribution is -2.32. The number of phenolic OH excluding ortho intramolecular Hbond substituents is 1. The Morgan fingerprint density at radius 2 is 1.84 bits per heavy atom. The summed E-state index contributed by atoms with van der Waals surface area (Å²) in [7, 11) is 0. The molecule has 104 valence electrons. The van der Waals surface area contributed by atoms with Gasteiger partial charge in [0, 0.05) is 0 Å². The van der Waals surface area contributed by atoms with Crippen LogP contribution in [0.3, 0.4) is 0 Å². The molecular formula is C18H26O. The molecule has 1 nitrogen and oxygen atoms in total. The third-order valence-electron chi connectivity index (χ3n) is 6.61. The Morgan fingerprint density at radius 1 is 1.16 bits per heavy atom. The normalized spacial score (nSPS) is 35.8. The first-order chi connectivity index (χ1) is 8.84. The Balaban J connectivity index is 1.97. The Hall–Kier alpha value is -0.980. The SMILES string of the molecule is Cc1ccc([C@@H]2C[C@@H]3C[C@H]2[C@@H](C)C3(C)C)c(O)c1C. The van der Waals surface area contributed by atoms with Gasteiger partial charge in [-0.15, -0.1) is 0 Å². The highest BCUT2D eigenvalue weighted by atomic mass is 16.3. The first-order valence-corrected chi connectivity index (χ1v) is 7.63. The van der Waals surface area contributed by atoms with E-state index in [0.717, 1.165) is 23.3 Å². The molecular weight excluding hydrogens is 232 g/mol. The van der Waals surface area contributed by atoms with Gasteiger partial charge in [0.05, 0.1) is 0 Å². The highest BCUT2D eigenvalue weighted by Gasteiger charge is 2.55. The van der Waals surface area contributed by atoms with E-state index in [9.17, 15) is 5.11 Å². The minimum atomic E-state index is 0.483. The average molecular weight is 258 g/mol. The highest BCUT2D eigenvalue weighted by Crippen LogP contribution is 2.64. The number of hydrogen-bond acceptors (Lipinski definition) is 1. The zero-order valence-electron chi connectivity index (χ0n) is 12.8. The maximum absolute atomic E-state index is 10.5.